The Hall–Kier alpha value is -1.02. The van der Waals surface area contributed by atoms with E-state index >= 15 is 0 Å². The summed E-state index contributed by atoms with van der Waals surface area (Å²) in [5, 5.41) is 0. The van der Waals surface area contributed by atoms with E-state index in [1.165, 1.54) is 17.7 Å². The van der Waals surface area contributed by atoms with Crippen molar-refractivity contribution in [1.82, 2.24) is 0 Å². The van der Waals surface area contributed by atoms with Gasteiger partial charge in [-0.3, -0.25) is 0 Å². The Morgan fingerprint density at radius 1 is 1.25 bits per heavy atom. The largest absolute Gasteiger partial charge is 0.374 e. The first-order chi connectivity index (χ1) is 9.21. The van der Waals surface area contributed by atoms with E-state index in [1.807, 2.05) is 0 Å². The van der Waals surface area contributed by atoms with Crippen molar-refractivity contribution in [3.63, 3.8) is 0 Å². The third-order valence-electron chi connectivity index (χ3n) is 4.14. The molecule has 0 amide bonds. The minimum atomic E-state index is -0.0628. The van der Waals surface area contributed by atoms with Crippen LogP contribution in [0.3, 0.4) is 0 Å². The normalized spacial score (nSPS) is 21.7. The van der Waals surface area contributed by atoms with Gasteiger partial charge < -0.3 is 9.64 Å². The molecule has 2 nitrogen and oxygen atoms in total. The van der Waals surface area contributed by atoms with Crippen molar-refractivity contribution in [1.29, 1.82) is 0 Å². The van der Waals surface area contributed by atoms with Crippen molar-refractivity contribution in [2.24, 2.45) is 0 Å². The second-order valence-electron chi connectivity index (χ2n) is 7.59. The van der Waals surface area contributed by atoms with Crippen LogP contribution in [-0.4, -0.2) is 24.3 Å². The van der Waals surface area contributed by atoms with E-state index in [0.717, 1.165) is 13.2 Å². The molecule has 2 rings (SSSR count). The zero-order valence-electron chi connectivity index (χ0n) is 13.9. The number of hydrogen-bond donors (Lipinski definition) is 0. The van der Waals surface area contributed by atoms with Gasteiger partial charge in [-0.2, -0.15) is 0 Å². The summed E-state index contributed by atoms with van der Waals surface area (Å²) in [5.41, 5.74) is 2.98. The molecule has 0 fully saturated rings. The topological polar surface area (TPSA) is 12.5 Å². The summed E-state index contributed by atoms with van der Waals surface area (Å²) >= 11 is 0. The van der Waals surface area contributed by atoms with E-state index in [2.05, 4.69) is 70.7 Å². The van der Waals surface area contributed by atoms with E-state index in [9.17, 15) is 0 Å². The Morgan fingerprint density at radius 3 is 2.55 bits per heavy atom. The van der Waals surface area contributed by atoms with Crippen LogP contribution in [0, 0.1) is 0 Å². The van der Waals surface area contributed by atoms with Crippen LogP contribution in [0.5, 0.6) is 0 Å². The molecule has 0 saturated heterocycles. The number of benzene rings is 1. The van der Waals surface area contributed by atoms with Crippen LogP contribution in [0.25, 0.3) is 0 Å². The molecule has 0 N–H and O–H groups in total. The van der Waals surface area contributed by atoms with Crippen molar-refractivity contribution < 1.29 is 4.74 Å². The summed E-state index contributed by atoms with van der Waals surface area (Å²) in [5.74, 6) is 0.626. The molecule has 1 aliphatic rings. The lowest BCUT2D eigenvalue weighted by molar-refractivity contribution is -0.000207. The molecule has 1 heterocycles. The van der Waals surface area contributed by atoms with Crippen molar-refractivity contribution in [3.8, 4) is 0 Å². The van der Waals surface area contributed by atoms with Gasteiger partial charge >= 0.3 is 0 Å². The molecule has 0 aromatic heterocycles. The predicted octanol–water partition coefficient (Wildman–Crippen LogP) is 4.59. The quantitative estimate of drug-likeness (QED) is 0.799. The SMILES string of the molecule is CC1CC(C)(C)N(CCOC(C)(C)C)c2ccccc21. The van der Waals surface area contributed by atoms with Crippen molar-refractivity contribution in [3.05, 3.63) is 29.8 Å². The number of anilines is 1. The number of hydrogen-bond acceptors (Lipinski definition) is 2. The third kappa shape index (κ3) is 3.35. The monoisotopic (exact) mass is 275 g/mol. The summed E-state index contributed by atoms with van der Waals surface area (Å²) in [7, 11) is 0. The predicted molar refractivity (Wildman–Crippen MR) is 86.6 cm³/mol. The van der Waals surface area contributed by atoms with Gasteiger partial charge in [0.2, 0.25) is 0 Å². The summed E-state index contributed by atoms with van der Waals surface area (Å²) in [6.45, 7) is 15.1. The maximum Gasteiger partial charge on any atom is 0.0648 e. The van der Waals surface area contributed by atoms with Gasteiger partial charge in [0, 0.05) is 17.8 Å². The molecule has 0 radical (unpaired) electrons. The Labute approximate surface area is 124 Å². The Balaban J connectivity index is 2.19. The molecule has 2 heteroatoms. The van der Waals surface area contributed by atoms with E-state index in [-0.39, 0.29) is 11.1 Å². The van der Waals surface area contributed by atoms with E-state index in [0.29, 0.717) is 5.92 Å². The van der Waals surface area contributed by atoms with E-state index in [1.54, 1.807) is 0 Å². The maximum atomic E-state index is 5.93. The number of nitrogens with zero attached hydrogens (tertiary/aromatic N) is 1. The molecule has 0 bridgehead atoms. The molecule has 1 unspecified atom stereocenters. The van der Waals surface area contributed by atoms with Crippen LogP contribution in [0.15, 0.2) is 24.3 Å². The van der Waals surface area contributed by atoms with Crippen LogP contribution in [0.1, 0.15) is 59.4 Å². The highest BCUT2D eigenvalue weighted by atomic mass is 16.5. The van der Waals surface area contributed by atoms with Gasteiger partial charge in [-0.1, -0.05) is 25.1 Å². The standard InChI is InChI=1S/C18H29NO/c1-14-13-18(5,6)19(11-12-20-17(2,3)4)16-10-8-7-9-15(14)16/h7-10,14H,11-13H2,1-6H3. The van der Waals surface area contributed by atoms with Gasteiger partial charge in [-0.15, -0.1) is 0 Å². The molecule has 0 spiro atoms. The first-order valence-corrected chi connectivity index (χ1v) is 7.71. The average Bonchev–Trinajstić information content (AvgIpc) is 2.31. The number of ether oxygens (including phenoxy) is 1. The smallest absolute Gasteiger partial charge is 0.0648 e. The van der Waals surface area contributed by atoms with Crippen molar-refractivity contribution in [2.45, 2.75) is 65.0 Å². The maximum absolute atomic E-state index is 5.93. The van der Waals surface area contributed by atoms with Crippen LogP contribution in [-0.2, 0) is 4.74 Å². The molecule has 1 atom stereocenters. The second kappa shape index (κ2) is 5.40. The second-order valence-corrected chi connectivity index (χ2v) is 7.59. The summed E-state index contributed by atoms with van der Waals surface area (Å²) in [4.78, 5) is 2.52. The lowest BCUT2D eigenvalue weighted by atomic mass is 9.80. The molecule has 20 heavy (non-hydrogen) atoms. The van der Waals surface area contributed by atoms with Crippen LogP contribution in [0.4, 0.5) is 5.69 Å². The number of rotatable bonds is 3. The lowest BCUT2D eigenvalue weighted by Crippen LogP contribution is -2.50. The Kier molecular flexibility index (Phi) is 4.15. The molecule has 1 aliphatic heterocycles. The van der Waals surface area contributed by atoms with Crippen molar-refractivity contribution >= 4 is 5.69 Å². The van der Waals surface area contributed by atoms with Gasteiger partial charge in [0.25, 0.3) is 0 Å². The average molecular weight is 275 g/mol. The fourth-order valence-corrected chi connectivity index (χ4v) is 3.31. The molecular formula is C18H29NO. The zero-order chi connectivity index (χ0) is 15.0. The molecule has 1 aromatic rings. The van der Waals surface area contributed by atoms with Gasteiger partial charge in [0.15, 0.2) is 0 Å². The fraction of sp³-hybridized carbons (Fsp3) is 0.667. The third-order valence-corrected chi connectivity index (χ3v) is 4.14. The number of para-hydroxylation sites is 1. The van der Waals surface area contributed by atoms with Gasteiger partial charge in [-0.05, 0) is 58.6 Å². The Morgan fingerprint density at radius 2 is 1.90 bits per heavy atom. The minimum Gasteiger partial charge on any atom is -0.374 e. The summed E-state index contributed by atoms with van der Waals surface area (Å²) < 4.78 is 5.93. The van der Waals surface area contributed by atoms with Gasteiger partial charge in [0.05, 0.1) is 12.2 Å². The van der Waals surface area contributed by atoms with Gasteiger partial charge in [0.1, 0.15) is 0 Å². The molecule has 0 aliphatic carbocycles. The highest BCUT2D eigenvalue weighted by Crippen LogP contribution is 2.42. The van der Waals surface area contributed by atoms with Crippen LogP contribution >= 0.6 is 0 Å². The van der Waals surface area contributed by atoms with E-state index in [4.69, 9.17) is 4.74 Å². The van der Waals surface area contributed by atoms with Crippen LogP contribution < -0.4 is 4.90 Å². The minimum absolute atomic E-state index is 0.0628. The van der Waals surface area contributed by atoms with E-state index < -0.39 is 0 Å². The summed E-state index contributed by atoms with van der Waals surface area (Å²) in [6.07, 6.45) is 1.19. The first kappa shape index (κ1) is 15.4. The first-order valence-electron chi connectivity index (χ1n) is 7.71. The molecule has 0 saturated carbocycles. The zero-order valence-corrected chi connectivity index (χ0v) is 13.9. The lowest BCUT2D eigenvalue weighted by Gasteiger charge is -2.47. The highest BCUT2D eigenvalue weighted by Gasteiger charge is 2.35. The molecular weight excluding hydrogens is 246 g/mol. The van der Waals surface area contributed by atoms with Gasteiger partial charge in [-0.25, -0.2) is 0 Å². The highest BCUT2D eigenvalue weighted by molar-refractivity contribution is 5.59. The molecule has 112 valence electrons. The fourth-order valence-electron chi connectivity index (χ4n) is 3.31. The van der Waals surface area contributed by atoms with Crippen molar-refractivity contribution in [2.75, 3.05) is 18.1 Å². The Bertz CT molecular complexity index is 459. The molecule has 1 aromatic carbocycles. The summed E-state index contributed by atoms with van der Waals surface area (Å²) in [6, 6.07) is 8.82. The van der Waals surface area contributed by atoms with Crippen LogP contribution in [0.2, 0.25) is 0 Å². The number of fused-ring (bicyclic) bond motifs is 1.